The first-order chi connectivity index (χ1) is 13.9. The second-order valence-electron chi connectivity index (χ2n) is 7.41. The van der Waals surface area contributed by atoms with E-state index >= 15 is 0 Å². The van der Waals surface area contributed by atoms with Crippen molar-refractivity contribution in [3.05, 3.63) is 108 Å². The summed E-state index contributed by atoms with van der Waals surface area (Å²) in [6, 6.07) is 35.5. The van der Waals surface area contributed by atoms with Crippen molar-refractivity contribution in [2.75, 3.05) is 0 Å². The van der Waals surface area contributed by atoms with E-state index in [0.717, 1.165) is 6.42 Å². The minimum atomic E-state index is 0.965. The molecule has 1 heteroatoms. The van der Waals surface area contributed by atoms with Crippen molar-refractivity contribution in [2.24, 2.45) is 0 Å². The van der Waals surface area contributed by atoms with Gasteiger partial charge in [0.25, 0.3) is 0 Å². The third kappa shape index (κ3) is 2.44. The van der Waals surface area contributed by atoms with E-state index in [1.54, 1.807) is 0 Å². The third-order valence-corrected chi connectivity index (χ3v) is 6.95. The van der Waals surface area contributed by atoms with Crippen LogP contribution in [0.25, 0.3) is 41.7 Å². The summed E-state index contributed by atoms with van der Waals surface area (Å²) in [5, 5.41) is 8.04. The van der Waals surface area contributed by atoms with E-state index in [2.05, 4.69) is 97.1 Å². The zero-order valence-electron chi connectivity index (χ0n) is 15.4. The van der Waals surface area contributed by atoms with E-state index in [-0.39, 0.29) is 0 Å². The maximum atomic E-state index is 2.36. The van der Waals surface area contributed by atoms with Crippen LogP contribution in [0.1, 0.15) is 11.1 Å². The van der Waals surface area contributed by atoms with Crippen molar-refractivity contribution >= 4 is 53.1 Å². The Hall–Kier alpha value is -3.16. The summed E-state index contributed by atoms with van der Waals surface area (Å²) in [7, 11) is 0. The van der Waals surface area contributed by atoms with Crippen LogP contribution < -0.4 is 0 Å². The van der Waals surface area contributed by atoms with Gasteiger partial charge in [0, 0.05) is 20.2 Å². The van der Waals surface area contributed by atoms with Gasteiger partial charge >= 0.3 is 0 Å². The van der Waals surface area contributed by atoms with Gasteiger partial charge < -0.3 is 0 Å². The highest BCUT2D eigenvalue weighted by Crippen LogP contribution is 2.36. The van der Waals surface area contributed by atoms with Gasteiger partial charge in [0.1, 0.15) is 0 Å². The largest absolute Gasteiger partial charge is 0.135 e. The summed E-state index contributed by atoms with van der Waals surface area (Å²) < 4.78 is 2.79. The van der Waals surface area contributed by atoms with Crippen LogP contribution in [0.15, 0.2) is 97.1 Å². The molecule has 1 aromatic heterocycles. The molecule has 5 aromatic carbocycles. The highest BCUT2D eigenvalue weighted by molar-refractivity contribution is 7.26. The number of thiophene rings is 1. The van der Waals surface area contributed by atoms with Crippen molar-refractivity contribution in [1.29, 1.82) is 0 Å². The predicted molar refractivity (Wildman–Crippen MR) is 124 cm³/mol. The molecule has 28 heavy (non-hydrogen) atoms. The highest BCUT2D eigenvalue weighted by atomic mass is 32.1. The molecule has 0 fully saturated rings. The molecule has 6 aromatic rings. The van der Waals surface area contributed by atoms with Crippen molar-refractivity contribution in [3.63, 3.8) is 0 Å². The number of rotatable bonds is 2. The Kier molecular flexibility index (Phi) is 3.50. The SMILES string of the molecule is c1ccc2c(c1)ccc1cc(Cc3cccc4c3sc3ccccc34)ccc12. The second-order valence-corrected chi connectivity index (χ2v) is 8.46. The van der Waals surface area contributed by atoms with Crippen LogP contribution in [0.5, 0.6) is 0 Å². The maximum Gasteiger partial charge on any atom is 0.0390 e. The molecule has 0 N–H and O–H groups in total. The van der Waals surface area contributed by atoms with E-state index in [1.165, 1.54) is 52.8 Å². The molecule has 1 heterocycles. The molecule has 132 valence electrons. The number of fused-ring (bicyclic) bond motifs is 6. The monoisotopic (exact) mass is 374 g/mol. The zero-order valence-corrected chi connectivity index (χ0v) is 16.2. The summed E-state index contributed by atoms with van der Waals surface area (Å²) in [4.78, 5) is 0. The number of hydrogen-bond donors (Lipinski definition) is 0. The van der Waals surface area contributed by atoms with Gasteiger partial charge in [-0.05, 0) is 45.2 Å². The molecule has 0 atom stereocenters. The highest BCUT2D eigenvalue weighted by Gasteiger charge is 2.09. The topological polar surface area (TPSA) is 0 Å². The summed E-state index contributed by atoms with van der Waals surface area (Å²) >= 11 is 1.91. The summed E-state index contributed by atoms with van der Waals surface area (Å²) in [6.45, 7) is 0. The molecule has 0 aliphatic carbocycles. The van der Waals surface area contributed by atoms with E-state index in [0.29, 0.717) is 0 Å². The molecule has 0 radical (unpaired) electrons. The molecular weight excluding hydrogens is 356 g/mol. The van der Waals surface area contributed by atoms with E-state index in [4.69, 9.17) is 0 Å². The Balaban J connectivity index is 1.49. The number of hydrogen-bond acceptors (Lipinski definition) is 1. The normalized spacial score (nSPS) is 11.7. The first-order valence-corrected chi connectivity index (χ1v) is 10.5. The van der Waals surface area contributed by atoms with Gasteiger partial charge in [0.15, 0.2) is 0 Å². The Labute approximate surface area is 167 Å². The molecule has 0 nitrogen and oxygen atoms in total. The fourth-order valence-corrected chi connectivity index (χ4v) is 5.55. The summed E-state index contributed by atoms with van der Waals surface area (Å²) in [5.41, 5.74) is 2.78. The van der Waals surface area contributed by atoms with Crippen molar-refractivity contribution < 1.29 is 0 Å². The van der Waals surface area contributed by atoms with Gasteiger partial charge in [-0.1, -0.05) is 91.0 Å². The molecule has 0 bridgehead atoms. The van der Waals surface area contributed by atoms with Crippen LogP contribution in [0.3, 0.4) is 0 Å². The van der Waals surface area contributed by atoms with Gasteiger partial charge in [0.2, 0.25) is 0 Å². The lowest BCUT2D eigenvalue weighted by Gasteiger charge is -2.08. The Morgan fingerprint density at radius 3 is 2.25 bits per heavy atom. The molecular formula is C27H18S. The van der Waals surface area contributed by atoms with E-state index < -0.39 is 0 Å². The van der Waals surface area contributed by atoms with Gasteiger partial charge in [0.05, 0.1) is 0 Å². The quantitative estimate of drug-likeness (QED) is 0.270. The smallest absolute Gasteiger partial charge is 0.0390 e. The Morgan fingerprint density at radius 2 is 1.29 bits per heavy atom. The zero-order chi connectivity index (χ0) is 18.5. The average molecular weight is 375 g/mol. The lowest BCUT2D eigenvalue weighted by atomic mass is 9.97. The molecule has 0 aliphatic rings. The molecule has 0 saturated heterocycles. The van der Waals surface area contributed by atoms with Crippen molar-refractivity contribution in [3.8, 4) is 0 Å². The van der Waals surface area contributed by atoms with Gasteiger partial charge in [-0.15, -0.1) is 11.3 Å². The van der Waals surface area contributed by atoms with E-state index in [1.807, 2.05) is 11.3 Å². The second kappa shape index (κ2) is 6.19. The van der Waals surface area contributed by atoms with Crippen molar-refractivity contribution in [2.45, 2.75) is 6.42 Å². The first-order valence-electron chi connectivity index (χ1n) is 9.66. The van der Waals surface area contributed by atoms with Crippen LogP contribution in [0.4, 0.5) is 0 Å². The molecule has 0 amide bonds. The predicted octanol–water partition coefficient (Wildman–Crippen LogP) is 7.95. The lowest BCUT2D eigenvalue weighted by Crippen LogP contribution is -1.89. The molecule has 0 aliphatic heterocycles. The van der Waals surface area contributed by atoms with Crippen LogP contribution in [-0.2, 0) is 6.42 Å². The minimum absolute atomic E-state index is 0.965. The lowest BCUT2D eigenvalue weighted by molar-refractivity contribution is 1.23. The third-order valence-electron chi connectivity index (χ3n) is 5.69. The van der Waals surface area contributed by atoms with Crippen molar-refractivity contribution in [1.82, 2.24) is 0 Å². The fourth-order valence-electron chi connectivity index (χ4n) is 4.34. The van der Waals surface area contributed by atoms with Crippen LogP contribution in [0, 0.1) is 0 Å². The Bertz CT molecular complexity index is 1490. The standard InChI is InChI=1S/C27H18S/c1-2-8-22-19(6-1)13-14-20-16-18(12-15-23(20)22)17-21-7-5-10-25-24-9-3-4-11-26(24)28-27(21)25/h1-16H,17H2. The Morgan fingerprint density at radius 1 is 0.536 bits per heavy atom. The van der Waals surface area contributed by atoms with Gasteiger partial charge in [-0.25, -0.2) is 0 Å². The average Bonchev–Trinajstić information content (AvgIpc) is 3.13. The van der Waals surface area contributed by atoms with Crippen LogP contribution >= 0.6 is 11.3 Å². The molecule has 0 spiro atoms. The molecule has 0 unspecified atom stereocenters. The fraction of sp³-hybridized carbons (Fsp3) is 0.0370. The van der Waals surface area contributed by atoms with Gasteiger partial charge in [-0.3, -0.25) is 0 Å². The molecule has 6 rings (SSSR count). The van der Waals surface area contributed by atoms with Crippen LogP contribution in [-0.4, -0.2) is 0 Å². The molecule has 0 saturated carbocycles. The van der Waals surface area contributed by atoms with E-state index in [9.17, 15) is 0 Å². The summed E-state index contributed by atoms with van der Waals surface area (Å²) in [5.74, 6) is 0. The van der Waals surface area contributed by atoms with Crippen LogP contribution in [0.2, 0.25) is 0 Å². The number of benzene rings is 5. The van der Waals surface area contributed by atoms with Gasteiger partial charge in [-0.2, -0.15) is 0 Å². The summed E-state index contributed by atoms with van der Waals surface area (Å²) in [6.07, 6.45) is 0.965. The minimum Gasteiger partial charge on any atom is -0.135 e. The maximum absolute atomic E-state index is 2.36. The first kappa shape index (κ1) is 15.9.